The Balaban J connectivity index is 2.56. The molecule has 0 aliphatic carbocycles. The number of unbranched alkanes of at least 4 members (excludes halogenated alkanes) is 5. The highest BCUT2D eigenvalue weighted by molar-refractivity contribution is 8.49. The van der Waals surface area contributed by atoms with E-state index in [0.29, 0.717) is 11.5 Å². The van der Waals surface area contributed by atoms with Crippen LogP contribution in [0.1, 0.15) is 51.9 Å². The molecule has 1 unspecified atom stereocenters. The van der Waals surface area contributed by atoms with Crippen LogP contribution < -0.4 is 0 Å². The van der Waals surface area contributed by atoms with Gasteiger partial charge in [-0.05, 0) is 12.8 Å². The quantitative estimate of drug-likeness (QED) is 0.490. The number of alkyl halides is 3. The molecule has 0 amide bonds. The van der Waals surface area contributed by atoms with Crippen LogP contribution in [0.25, 0.3) is 0 Å². The molecule has 0 radical (unpaired) electrons. The molecule has 1 atom stereocenters. The molecule has 0 spiro atoms. The minimum absolute atomic E-state index is 0.00295. The number of hydrogen-bond acceptors (Lipinski definition) is 4. The molecule has 1 aliphatic heterocycles. The summed E-state index contributed by atoms with van der Waals surface area (Å²) in [6.07, 6.45) is 7.29. The van der Waals surface area contributed by atoms with Gasteiger partial charge in [-0.1, -0.05) is 73.8 Å². The van der Waals surface area contributed by atoms with E-state index in [4.69, 9.17) is 34.8 Å². The van der Waals surface area contributed by atoms with Gasteiger partial charge in [-0.3, -0.25) is 0 Å². The van der Waals surface area contributed by atoms with Gasteiger partial charge in [0.2, 0.25) is 3.79 Å². The molecule has 0 fully saturated rings. The summed E-state index contributed by atoms with van der Waals surface area (Å²) in [6, 6.07) is 0. The molecule has 0 aromatic heterocycles. The molecule has 9 heteroatoms. The van der Waals surface area contributed by atoms with Gasteiger partial charge in [0.05, 0.1) is 0 Å². The number of nitrogens with zero attached hydrogens (tertiary/aromatic N) is 2. The number of halogens is 3. The third-order valence-electron chi connectivity index (χ3n) is 2.76. The largest absolute Gasteiger partial charge is 0.252 e. The molecular formula is C11H17Cl3N2O2S2. The van der Waals surface area contributed by atoms with Gasteiger partial charge in [0, 0.05) is 9.45 Å². The van der Waals surface area contributed by atoms with E-state index in [1.54, 1.807) is 0 Å². The molecule has 1 heterocycles. The SMILES string of the molecule is CCCCCCCCC1=NN=C(C(Cl)(Cl)Cl)S1=S(=O)=O. The van der Waals surface area contributed by atoms with Crippen molar-refractivity contribution in [2.75, 3.05) is 0 Å². The second-order valence-electron chi connectivity index (χ2n) is 4.39. The van der Waals surface area contributed by atoms with Gasteiger partial charge < -0.3 is 0 Å². The maximum Gasteiger partial charge on any atom is 0.252 e. The highest BCUT2D eigenvalue weighted by Crippen LogP contribution is 2.33. The van der Waals surface area contributed by atoms with Gasteiger partial charge in [-0.25, -0.2) is 0 Å². The van der Waals surface area contributed by atoms with Crippen LogP contribution in [0, 0.1) is 0 Å². The van der Waals surface area contributed by atoms with Gasteiger partial charge in [0.15, 0.2) is 5.04 Å². The monoisotopic (exact) mass is 378 g/mol. The maximum absolute atomic E-state index is 11.3. The Morgan fingerprint density at radius 3 is 2.20 bits per heavy atom. The lowest BCUT2D eigenvalue weighted by molar-refractivity contribution is 0.616. The van der Waals surface area contributed by atoms with Crippen LogP contribution >= 0.6 is 34.8 Å². The lowest BCUT2D eigenvalue weighted by Crippen LogP contribution is -2.25. The average molecular weight is 380 g/mol. The Morgan fingerprint density at radius 1 is 1.05 bits per heavy atom. The van der Waals surface area contributed by atoms with Crippen molar-refractivity contribution in [3.8, 4) is 0 Å². The molecule has 116 valence electrons. The van der Waals surface area contributed by atoms with Crippen molar-refractivity contribution in [3.05, 3.63) is 0 Å². The van der Waals surface area contributed by atoms with E-state index in [-0.39, 0.29) is 5.04 Å². The van der Waals surface area contributed by atoms with Crippen molar-refractivity contribution >= 4 is 63.6 Å². The first-order chi connectivity index (χ1) is 9.38. The van der Waals surface area contributed by atoms with Crippen LogP contribution in [0.2, 0.25) is 0 Å². The zero-order valence-corrected chi connectivity index (χ0v) is 15.0. The van der Waals surface area contributed by atoms with Crippen molar-refractivity contribution < 1.29 is 8.42 Å². The van der Waals surface area contributed by atoms with Crippen LogP contribution in [0.5, 0.6) is 0 Å². The highest BCUT2D eigenvalue weighted by Gasteiger charge is 2.37. The van der Waals surface area contributed by atoms with Crippen molar-refractivity contribution in [1.82, 2.24) is 0 Å². The van der Waals surface area contributed by atoms with Crippen molar-refractivity contribution in [2.45, 2.75) is 55.7 Å². The zero-order chi connectivity index (χ0) is 15.2. The first kappa shape index (κ1) is 18.4. The first-order valence-electron chi connectivity index (χ1n) is 6.43. The molecule has 1 aliphatic rings. The summed E-state index contributed by atoms with van der Waals surface area (Å²) in [5.41, 5.74) is 0. The third-order valence-corrected chi connectivity index (χ3v) is 7.23. The molecule has 0 aromatic rings. The molecular weight excluding hydrogens is 363 g/mol. The summed E-state index contributed by atoms with van der Waals surface area (Å²) in [7, 11) is -3.71. The Bertz CT molecular complexity index is 528. The van der Waals surface area contributed by atoms with Gasteiger partial charge in [-0.2, -0.15) is 8.42 Å². The Hall–Kier alpha value is 0.380. The lowest BCUT2D eigenvalue weighted by Gasteiger charge is -2.10. The molecule has 0 N–H and O–H groups in total. The molecule has 4 nitrogen and oxygen atoms in total. The van der Waals surface area contributed by atoms with Crippen LogP contribution in [0.3, 0.4) is 0 Å². The molecule has 0 saturated carbocycles. The van der Waals surface area contributed by atoms with E-state index in [1.165, 1.54) is 19.3 Å². The molecule has 0 aromatic carbocycles. The predicted molar refractivity (Wildman–Crippen MR) is 89.4 cm³/mol. The molecule has 0 bridgehead atoms. The topological polar surface area (TPSA) is 58.9 Å². The van der Waals surface area contributed by atoms with Crippen LogP contribution in [0.15, 0.2) is 10.2 Å². The van der Waals surface area contributed by atoms with E-state index in [1.807, 2.05) is 0 Å². The number of hydrogen-bond donors (Lipinski definition) is 0. The van der Waals surface area contributed by atoms with E-state index in [9.17, 15) is 8.42 Å². The fraction of sp³-hybridized carbons (Fsp3) is 0.818. The van der Waals surface area contributed by atoms with Gasteiger partial charge in [0.1, 0.15) is 5.04 Å². The minimum Gasteiger partial charge on any atom is -0.177 e. The average Bonchev–Trinajstić information content (AvgIpc) is 2.77. The second kappa shape index (κ2) is 8.73. The Morgan fingerprint density at radius 2 is 1.65 bits per heavy atom. The van der Waals surface area contributed by atoms with E-state index >= 15 is 0 Å². The Labute approximate surface area is 137 Å². The van der Waals surface area contributed by atoms with Crippen molar-refractivity contribution in [2.24, 2.45) is 10.2 Å². The van der Waals surface area contributed by atoms with E-state index in [0.717, 1.165) is 19.3 Å². The summed E-state index contributed by atoms with van der Waals surface area (Å²) in [5, 5.41) is 8.13. The maximum atomic E-state index is 11.3. The van der Waals surface area contributed by atoms with Crippen LogP contribution in [-0.4, -0.2) is 22.3 Å². The van der Waals surface area contributed by atoms with E-state index < -0.39 is 22.5 Å². The summed E-state index contributed by atoms with van der Waals surface area (Å²) in [4.78, 5) is 0. The van der Waals surface area contributed by atoms with E-state index in [2.05, 4.69) is 17.1 Å². The summed E-state index contributed by atoms with van der Waals surface area (Å²) >= 11 is 17.2. The highest BCUT2D eigenvalue weighted by atomic mass is 35.6. The smallest absolute Gasteiger partial charge is 0.177 e. The van der Waals surface area contributed by atoms with Crippen molar-refractivity contribution in [1.29, 1.82) is 0 Å². The standard InChI is InChI=1S/C11H17Cl3N2O2S2/c1-2-3-4-5-6-7-8-9-15-16-10(11(12,13)14)19(9)20(17)18/h2-8H2,1H3. The van der Waals surface area contributed by atoms with Crippen molar-refractivity contribution in [3.63, 3.8) is 0 Å². The predicted octanol–water partition coefficient (Wildman–Crippen LogP) is 4.25. The fourth-order valence-electron chi connectivity index (χ4n) is 1.79. The minimum atomic E-state index is -2.39. The normalized spacial score (nSPS) is 18.9. The second-order valence-corrected chi connectivity index (χ2v) is 10.3. The summed E-state index contributed by atoms with van der Waals surface area (Å²) in [5.74, 6) is 0. The van der Waals surface area contributed by atoms with Crippen LogP contribution in [-0.2, 0) is 18.7 Å². The molecule has 0 saturated heterocycles. The molecule has 1 rings (SSSR count). The van der Waals surface area contributed by atoms with Gasteiger partial charge >= 0.3 is 0 Å². The van der Waals surface area contributed by atoms with Crippen LogP contribution in [0.4, 0.5) is 0 Å². The summed E-state index contributed by atoms with van der Waals surface area (Å²) < 4.78 is 20.8. The zero-order valence-electron chi connectivity index (χ0n) is 11.1. The summed E-state index contributed by atoms with van der Waals surface area (Å²) in [6.45, 7) is 2.16. The Kier molecular flexibility index (Phi) is 8.05. The van der Waals surface area contributed by atoms with Gasteiger partial charge in [-0.15, -0.1) is 10.2 Å². The lowest BCUT2D eigenvalue weighted by atomic mass is 10.1. The van der Waals surface area contributed by atoms with Gasteiger partial charge in [0.25, 0.3) is 9.26 Å². The third kappa shape index (κ3) is 5.64. The molecule has 20 heavy (non-hydrogen) atoms. The first-order valence-corrected chi connectivity index (χ1v) is 10.4. The number of rotatable bonds is 7. The fourth-order valence-corrected chi connectivity index (χ4v) is 5.97.